The number of ether oxygens (including phenoxy) is 1. The molecule has 0 radical (unpaired) electrons. The van der Waals surface area contributed by atoms with Crippen LogP contribution in [0.4, 0.5) is 0 Å². The molecule has 2 fully saturated rings. The summed E-state index contributed by atoms with van der Waals surface area (Å²) in [5, 5.41) is 11.6. The van der Waals surface area contributed by atoms with E-state index in [1.165, 1.54) is 18.9 Å². The van der Waals surface area contributed by atoms with E-state index in [1.54, 1.807) is 11.6 Å². The van der Waals surface area contributed by atoms with Crippen molar-refractivity contribution in [3.8, 4) is 5.75 Å². The second-order valence-corrected chi connectivity index (χ2v) is 8.06. The van der Waals surface area contributed by atoms with Gasteiger partial charge in [0.2, 0.25) is 0 Å². The van der Waals surface area contributed by atoms with E-state index in [1.807, 2.05) is 54.6 Å². The molecule has 3 N–H and O–H groups in total. The molecule has 0 bridgehead atoms. The van der Waals surface area contributed by atoms with E-state index in [-0.39, 0.29) is 11.9 Å². The lowest BCUT2D eigenvalue weighted by Crippen LogP contribution is -2.26. The van der Waals surface area contributed by atoms with Crippen LogP contribution in [-0.4, -0.2) is 29.7 Å². The van der Waals surface area contributed by atoms with Crippen molar-refractivity contribution in [2.24, 2.45) is 5.92 Å². The highest BCUT2D eigenvalue weighted by molar-refractivity contribution is 6.24. The van der Waals surface area contributed by atoms with Gasteiger partial charge in [-0.2, -0.15) is 0 Å². The fraction of sp³-hybridized carbons (Fsp3) is 0.280. The van der Waals surface area contributed by atoms with Crippen molar-refractivity contribution in [1.82, 2.24) is 10.8 Å². The number of hydrogen-bond donors (Lipinski definition) is 3. The third kappa shape index (κ3) is 6.30. The largest absolute Gasteiger partial charge is 0.493 e. The third-order valence-corrected chi connectivity index (χ3v) is 5.29. The Morgan fingerprint density at radius 1 is 0.968 bits per heavy atom. The SMILES string of the molecule is O=C(/C=C/c1ccc(/C=C(\C(=O)NC2CC2)c2ccc(OCC3CC3)cc2)cc1)NO. The molecule has 6 heteroatoms. The zero-order valence-electron chi connectivity index (χ0n) is 17.2. The van der Waals surface area contributed by atoms with Gasteiger partial charge in [-0.1, -0.05) is 36.4 Å². The molecule has 6 nitrogen and oxygen atoms in total. The Morgan fingerprint density at radius 2 is 1.65 bits per heavy atom. The smallest absolute Gasteiger partial charge is 0.267 e. The van der Waals surface area contributed by atoms with Crippen molar-refractivity contribution in [2.45, 2.75) is 31.7 Å². The van der Waals surface area contributed by atoms with Gasteiger partial charge >= 0.3 is 0 Å². The van der Waals surface area contributed by atoms with E-state index < -0.39 is 5.91 Å². The lowest BCUT2D eigenvalue weighted by atomic mass is 10.0. The highest BCUT2D eigenvalue weighted by Gasteiger charge is 2.25. The summed E-state index contributed by atoms with van der Waals surface area (Å²) in [6, 6.07) is 15.4. The summed E-state index contributed by atoms with van der Waals surface area (Å²) in [7, 11) is 0. The van der Waals surface area contributed by atoms with Crippen molar-refractivity contribution in [1.29, 1.82) is 0 Å². The summed E-state index contributed by atoms with van der Waals surface area (Å²) in [6.07, 6.45) is 9.24. The van der Waals surface area contributed by atoms with Crippen molar-refractivity contribution < 1.29 is 19.5 Å². The summed E-state index contributed by atoms with van der Waals surface area (Å²) in [4.78, 5) is 24.0. The molecule has 4 rings (SSSR count). The summed E-state index contributed by atoms with van der Waals surface area (Å²) in [5.74, 6) is 0.834. The quantitative estimate of drug-likeness (QED) is 0.250. The number of hydroxylamine groups is 1. The van der Waals surface area contributed by atoms with E-state index in [4.69, 9.17) is 9.94 Å². The zero-order valence-corrected chi connectivity index (χ0v) is 17.2. The molecule has 2 aliphatic rings. The molecule has 2 saturated carbocycles. The predicted octanol–water partition coefficient (Wildman–Crippen LogP) is 3.81. The molecule has 2 aliphatic carbocycles. The maximum atomic E-state index is 12.9. The van der Waals surface area contributed by atoms with Crippen LogP contribution in [-0.2, 0) is 9.59 Å². The Morgan fingerprint density at radius 3 is 2.26 bits per heavy atom. The molecular weight excluding hydrogens is 392 g/mol. The van der Waals surface area contributed by atoms with Gasteiger partial charge in [0, 0.05) is 17.7 Å². The molecule has 0 heterocycles. The topological polar surface area (TPSA) is 87.7 Å². The fourth-order valence-electron chi connectivity index (χ4n) is 3.08. The van der Waals surface area contributed by atoms with Gasteiger partial charge in [0.1, 0.15) is 5.75 Å². The average molecular weight is 418 g/mol. The van der Waals surface area contributed by atoms with Crippen LogP contribution in [0.2, 0.25) is 0 Å². The minimum absolute atomic E-state index is 0.0854. The minimum Gasteiger partial charge on any atom is -0.493 e. The second-order valence-electron chi connectivity index (χ2n) is 8.06. The Bertz CT molecular complexity index is 985. The maximum Gasteiger partial charge on any atom is 0.267 e. The van der Waals surface area contributed by atoms with Crippen LogP contribution < -0.4 is 15.5 Å². The van der Waals surface area contributed by atoms with E-state index in [0.29, 0.717) is 11.5 Å². The number of rotatable bonds is 9. The van der Waals surface area contributed by atoms with Gasteiger partial charge in [0.15, 0.2) is 0 Å². The van der Waals surface area contributed by atoms with Crippen LogP contribution in [0.15, 0.2) is 54.6 Å². The summed E-state index contributed by atoms with van der Waals surface area (Å²) in [6.45, 7) is 0.755. The molecule has 160 valence electrons. The molecule has 2 aromatic rings. The summed E-state index contributed by atoms with van der Waals surface area (Å²) >= 11 is 0. The van der Waals surface area contributed by atoms with Crippen LogP contribution in [0.1, 0.15) is 42.4 Å². The van der Waals surface area contributed by atoms with Crippen LogP contribution in [0.25, 0.3) is 17.7 Å². The van der Waals surface area contributed by atoms with Gasteiger partial charge in [0.25, 0.3) is 11.8 Å². The minimum atomic E-state index is -0.590. The molecule has 0 atom stereocenters. The van der Waals surface area contributed by atoms with Gasteiger partial charge in [-0.15, -0.1) is 0 Å². The first-order valence-electron chi connectivity index (χ1n) is 10.6. The standard InChI is InChI=1S/C25H26N2O4/c28-24(27-30)14-7-17-1-3-18(4-2-17)15-23(25(29)26-21-10-11-21)20-8-12-22(13-9-20)31-16-19-5-6-19/h1-4,7-9,12-15,19,21,30H,5-6,10-11,16H2,(H,26,29)(H,27,28)/b14-7+,23-15-. The van der Waals surface area contributed by atoms with E-state index in [2.05, 4.69) is 5.32 Å². The summed E-state index contributed by atoms with van der Waals surface area (Å²) < 4.78 is 5.81. The summed E-state index contributed by atoms with van der Waals surface area (Å²) in [5.41, 5.74) is 4.67. The van der Waals surface area contributed by atoms with Crippen LogP contribution in [0.5, 0.6) is 5.75 Å². The number of hydrogen-bond acceptors (Lipinski definition) is 4. The maximum absolute atomic E-state index is 12.9. The number of benzene rings is 2. The molecule has 0 unspecified atom stereocenters. The fourth-order valence-corrected chi connectivity index (χ4v) is 3.08. The average Bonchev–Trinajstić information content (AvgIpc) is 3.71. The molecule has 0 spiro atoms. The molecule has 2 amide bonds. The Balaban J connectivity index is 1.52. The normalized spacial score (nSPS) is 16.2. The van der Waals surface area contributed by atoms with Crippen LogP contribution in [0.3, 0.4) is 0 Å². The molecule has 0 aromatic heterocycles. The lowest BCUT2D eigenvalue weighted by Gasteiger charge is -2.11. The molecular formula is C25H26N2O4. The number of carbonyl (C=O) groups is 2. The Hall–Kier alpha value is -3.38. The van der Waals surface area contributed by atoms with Crippen molar-refractivity contribution in [2.75, 3.05) is 6.61 Å². The van der Waals surface area contributed by atoms with Gasteiger partial charge in [-0.3, -0.25) is 14.8 Å². The number of nitrogens with one attached hydrogen (secondary N) is 2. The first-order chi connectivity index (χ1) is 15.1. The lowest BCUT2D eigenvalue weighted by molar-refractivity contribution is -0.124. The molecule has 0 aliphatic heterocycles. The first-order valence-corrected chi connectivity index (χ1v) is 10.6. The van der Waals surface area contributed by atoms with E-state index in [9.17, 15) is 9.59 Å². The van der Waals surface area contributed by atoms with Crippen LogP contribution in [0, 0.1) is 5.92 Å². The van der Waals surface area contributed by atoms with E-state index >= 15 is 0 Å². The van der Waals surface area contributed by atoms with Gasteiger partial charge in [-0.25, -0.2) is 5.48 Å². The van der Waals surface area contributed by atoms with Crippen molar-refractivity contribution in [3.05, 3.63) is 71.3 Å². The monoisotopic (exact) mass is 418 g/mol. The Labute approximate surface area is 181 Å². The number of amides is 2. The van der Waals surface area contributed by atoms with E-state index in [0.717, 1.165) is 41.9 Å². The Kier molecular flexibility index (Phi) is 6.48. The van der Waals surface area contributed by atoms with Gasteiger partial charge in [0.05, 0.1) is 6.61 Å². The second kappa shape index (κ2) is 9.62. The zero-order chi connectivity index (χ0) is 21.6. The highest BCUT2D eigenvalue weighted by Crippen LogP contribution is 2.30. The van der Waals surface area contributed by atoms with Gasteiger partial charge < -0.3 is 10.1 Å². The highest BCUT2D eigenvalue weighted by atomic mass is 16.5. The molecule has 0 saturated heterocycles. The van der Waals surface area contributed by atoms with Crippen LogP contribution >= 0.6 is 0 Å². The first kappa shape index (κ1) is 20.9. The number of carbonyl (C=O) groups excluding carboxylic acids is 2. The van der Waals surface area contributed by atoms with Crippen molar-refractivity contribution in [3.63, 3.8) is 0 Å². The molecule has 2 aromatic carbocycles. The predicted molar refractivity (Wildman–Crippen MR) is 119 cm³/mol. The van der Waals surface area contributed by atoms with Gasteiger partial charge in [-0.05, 0) is 72.6 Å². The third-order valence-electron chi connectivity index (χ3n) is 5.29. The van der Waals surface area contributed by atoms with Crippen molar-refractivity contribution >= 4 is 29.5 Å². The molecule has 31 heavy (non-hydrogen) atoms.